The predicted molar refractivity (Wildman–Crippen MR) is 117 cm³/mol. The predicted octanol–water partition coefficient (Wildman–Crippen LogP) is 3.58. The van der Waals surface area contributed by atoms with Gasteiger partial charge < -0.3 is 10.1 Å². The molecule has 1 fully saturated rings. The number of hydrogen-bond acceptors (Lipinski definition) is 4. The molecule has 2 aromatic carbocycles. The molecule has 7 heteroatoms. The lowest BCUT2D eigenvalue weighted by molar-refractivity contribution is 0.0946. The zero-order chi connectivity index (χ0) is 21.8. The number of nitrogens with zero attached hydrogens (tertiary/aromatic N) is 1. The van der Waals surface area contributed by atoms with Gasteiger partial charge in [-0.15, -0.1) is 0 Å². The van der Waals surface area contributed by atoms with Crippen LogP contribution in [0, 0.1) is 0 Å². The second kappa shape index (κ2) is 9.18. The first-order chi connectivity index (χ1) is 14.2. The lowest BCUT2D eigenvalue weighted by Gasteiger charge is -2.22. The molecular weight excluding hydrogens is 400 g/mol. The van der Waals surface area contributed by atoms with Gasteiger partial charge in [0.2, 0.25) is 10.0 Å². The lowest BCUT2D eigenvalue weighted by Crippen LogP contribution is -2.29. The molecule has 1 saturated heterocycles. The molecular formula is C23H30N2O4S. The van der Waals surface area contributed by atoms with Gasteiger partial charge in [0, 0.05) is 18.7 Å². The molecule has 1 heterocycles. The fraction of sp³-hybridized carbons (Fsp3) is 0.435. The Hall–Kier alpha value is -2.38. The minimum atomic E-state index is -3.47. The topological polar surface area (TPSA) is 75.7 Å². The van der Waals surface area contributed by atoms with Crippen molar-refractivity contribution in [2.45, 2.75) is 43.9 Å². The molecule has 2 aromatic rings. The molecule has 0 saturated carbocycles. The summed E-state index contributed by atoms with van der Waals surface area (Å²) >= 11 is 0. The van der Waals surface area contributed by atoms with E-state index in [-0.39, 0.29) is 16.2 Å². The van der Waals surface area contributed by atoms with Crippen LogP contribution in [0.3, 0.4) is 0 Å². The molecule has 162 valence electrons. The average molecular weight is 431 g/mol. The Kier molecular flexibility index (Phi) is 6.83. The van der Waals surface area contributed by atoms with E-state index in [1.165, 1.54) is 16.4 Å². The van der Waals surface area contributed by atoms with Crippen LogP contribution in [0.1, 0.15) is 49.5 Å². The van der Waals surface area contributed by atoms with Gasteiger partial charge in [0.25, 0.3) is 5.91 Å². The van der Waals surface area contributed by atoms with Crippen molar-refractivity contribution < 1.29 is 17.9 Å². The normalized spacial score (nSPS) is 15.2. The second-order valence-corrected chi connectivity index (χ2v) is 10.4. The second-order valence-electron chi connectivity index (χ2n) is 8.49. The SMILES string of the molecule is CC(C)(C)c1ccccc1OCCNC(=O)c1ccc(S(=O)(=O)N2CCCC2)cc1. The van der Waals surface area contributed by atoms with Crippen molar-refractivity contribution in [1.82, 2.24) is 9.62 Å². The first kappa shape index (κ1) is 22.3. The van der Waals surface area contributed by atoms with Gasteiger partial charge in [-0.1, -0.05) is 39.0 Å². The van der Waals surface area contributed by atoms with E-state index in [0.29, 0.717) is 31.8 Å². The fourth-order valence-electron chi connectivity index (χ4n) is 3.50. The van der Waals surface area contributed by atoms with Crippen molar-refractivity contribution >= 4 is 15.9 Å². The Labute approximate surface area is 179 Å². The Bertz CT molecular complexity index is 973. The Morgan fingerprint density at radius 2 is 1.67 bits per heavy atom. The van der Waals surface area contributed by atoms with Gasteiger partial charge in [0.1, 0.15) is 12.4 Å². The highest BCUT2D eigenvalue weighted by Crippen LogP contribution is 2.30. The van der Waals surface area contributed by atoms with Gasteiger partial charge in [-0.25, -0.2) is 8.42 Å². The number of rotatable bonds is 7. The Balaban J connectivity index is 1.54. The summed E-state index contributed by atoms with van der Waals surface area (Å²) in [6.45, 7) is 8.21. The number of benzene rings is 2. The number of para-hydroxylation sites is 1. The molecule has 0 atom stereocenters. The highest BCUT2D eigenvalue weighted by atomic mass is 32.2. The van der Waals surface area contributed by atoms with Crippen molar-refractivity contribution in [3.8, 4) is 5.75 Å². The molecule has 30 heavy (non-hydrogen) atoms. The van der Waals surface area contributed by atoms with Crippen LogP contribution in [0.25, 0.3) is 0 Å². The number of carbonyl (C=O) groups excluding carboxylic acids is 1. The zero-order valence-electron chi connectivity index (χ0n) is 17.8. The third-order valence-electron chi connectivity index (χ3n) is 5.16. The molecule has 0 aliphatic carbocycles. The van der Waals surface area contributed by atoms with Crippen LogP contribution in [0.2, 0.25) is 0 Å². The molecule has 1 aliphatic rings. The van der Waals surface area contributed by atoms with Gasteiger partial charge in [-0.3, -0.25) is 4.79 Å². The van der Waals surface area contributed by atoms with Gasteiger partial charge >= 0.3 is 0 Å². The van der Waals surface area contributed by atoms with E-state index in [2.05, 4.69) is 26.1 Å². The Morgan fingerprint density at radius 1 is 1.03 bits per heavy atom. The highest BCUT2D eigenvalue weighted by molar-refractivity contribution is 7.89. The number of ether oxygens (including phenoxy) is 1. The molecule has 0 bridgehead atoms. The quantitative estimate of drug-likeness (QED) is 0.682. The van der Waals surface area contributed by atoms with E-state index in [0.717, 1.165) is 24.2 Å². The van der Waals surface area contributed by atoms with Crippen LogP contribution in [0.4, 0.5) is 0 Å². The molecule has 0 radical (unpaired) electrons. The van der Waals surface area contributed by atoms with Crippen molar-refractivity contribution in [2.24, 2.45) is 0 Å². The fourth-order valence-corrected chi connectivity index (χ4v) is 5.01. The summed E-state index contributed by atoms with van der Waals surface area (Å²) in [4.78, 5) is 12.6. The third-order valence-corrected chi connectivity index (χ3v) is 7.07. The summed E-state index contributed by atoms with van der Waals surface area (Å²) < 4.78 is 32.5. The Morgan fingerprint density at radius 3 is 2.30 bits per heavy atom. The van der Waals surface area contributed by atoms with Gasteiger partial charge in [0.15, 0.2) is 0 Å². The summed E-state index contributed by atoms with van der Waals surface area (Å²) in [7, 11) is -3.47. The van der Waals surface area contributed by atoms with Crippen molar-refractivity contribution in [3.63, 3.8) is 0 Å². The molecule has 6 nitrogen and oxygen atoms in total. The van der Waals surface area contributed by atoms with E-state index in [1.54, 1.807) is 12.1 Å². The van der Waals surface area contributed by atoms with E-state index in [4.69, 9.17) is 4.74 Å². The summed E-state index contributed by atoms with van der Waals surface area (Å²) in [5.74, 6) is 0.559. The largest absolute Gasteiger partial charge is 0.491 e. The number of hydrogen-bond donors (Lipinski definition) is 1. The maximum absolute atomic E-state index is 12.6. The van der Waals surface area contributed by atoms with E-state index in [9.17, 15) is 13.2 Å². The standard InChI is InChI=1S/C23H30N2O4S/c1-23(2,3)20-8-4-5-9-21(20)29-17-14-24-22(26)18-10-12-19(13-11-18)30(27,28)25-15-6-7-16-25/h4-5,8-13H,6-7,14-17H2,1-3H3,(H,24,26). The number of sulfonamides is 1. The van der Waals surface area contributed by atoms with Crippen molar-refractivity contribution in [3.05, 3.63) is 59.7 Å². The van der Waals surface area contributed by atoms with Crippen LogP contribution >= 0.6 is 0 Å². The average Bonchev–Trinajstić information content (AvgIpc) is 3.26. The summed E-state index contributed by atoms with van der Waals surface area (Å²) in [5.41, 5.74) is 1.51. The summed E-state index contributed by atoms with van der Waals surface area (Å²) in [6.07, 6.45) is 1.78. The maximum Gasteiger partial charge on any atom is 0.251 e. The van der Waals surface area contributed by atoms with Crippen molar-refractivity contribution in [2.75, 3.05) is 26.2 Å². The van der Waals surface area contributed by atoms with Crippen LogP contribution in [-0.2, 0) is 15.4 Å². The van der Waals surface area contributed by atoms with Crippen LogP contribution in [0.15, 0.2) is 53.4 Å². The maximum atomic E-state index is 12.6. The van der Waals surface area contributed by atoms with Crippen molar-refractivity contribution in [1.29, 1.82) is 0 Å². The zero-order valence-corrected chi connectivity index (χ0v) is 18.7. The van der Waals surface area contributed by atoms with E-state index in [1.807, 2.05) is 24.3 Å². The summed E-state index contributed by atoms with van der Waals surface area (Å²) in [5, 5.41) is 2.82. The molecule has 3 rings (SSSR count). The third kappa shape index (κ3) is 5.21. The molecule has 1 N–H and O–H groups in total. The molecule has 1 aliphatic heterocycles. The van der Waals surface area contributed by atoms with Crippen LogP contribution in [-0.4, -0.2) is 44.9 Å². The number of amides is 1. The first-order valence-corrected chi connectivity index (χ1v) is 11.7. The smallest absolute Gasteiger partial charge is 0.251 e. The van der Waals surface area contributed by atoms with Gasteiger partial charge in [-0.2, -0.15) is 4.31 Å². The van der Waals surface area contributed by atoms with Crippen LogP contribution < -0.4 is 10.1 Å². The monoisotopic (exact) mass is 430 g/mol. The molecule has 0 spiro atoms. The van der Waals surface area contributed by atoms with E-state index < -0.39 is 10.0 Å². The van der Waals surface area contributed by atoms with Crippen LogP contribution in [0.5, 0.6) is 5.75 Å². The molecule has 0 aromatic heterocycles. The van der Waals surface area contributed by atoms with Gasteiger partial charge in [-0.05, 0) is 54.2 Å². The highest BCUT2D eigenvalue weighted by Gasteiger charge is 2.27. The minimum Gasteiger partial charge on any atom is -0.491 e. The van der Waals surface area contributed by atoms with E-state index >= 15 is 0 Å². The lowest BCUT2D eigenvalue weighted by atomic mass is 9.86. The number of carbonyl (C=O) groups is 1. The first-order valence-electron chi connectivity index (χ1n) is 10.3. The molecule has 1 amide bonds. The molecule has 0 unspecified atom stereocenters. The summed E-state index contributed by atoms with van der Waals surface area (Å²) in [6, 6.07) is 14.0. The van der Waals surface area contributed by atoms with Gasteiger partial charge in [0.05, 0.1) is 11.4 Å². The minimum absolute atomic E-state index is 0.0308. The number of nitrogens with one attached hydrogen (secondary N) is 1.